The van der Waals surface area contributed by atoms with Gasteiger partial charge in [-0.1, -0.05) is 128 Å². The minimum absolute atomic E-state index is 0. The Balaban J connectivity index is -0.0000000667. The minimum atomic E-state index is 0. The standard InChI is InChI=1S/4C5H10.4H2O.Ti/c4*1-2-4-5-3-1;;;;;/h4*1-5H2;4*1H2;. The van der Waals surface area contributed by atoms with E-state index in [1.54, 1.807) is 0 Å². The summed E-state index contributed by atoms with van der Waals surface area (Å²) in [5, 5.41) is 0. The topological polar surface area (TPSA) is 126 Å². The zero-order chi connectivity index (χ0) is 14.1. The molecule has 0 aromatic heterocycles. The summed E-state index contributed by atoms with van der Waals surface area (Å²) in [7, 11) is 0. The van der Waals surface area contributed by atoms with Crippen molar-refractivity contribution in [1.29, 1.82) is 0 Å². The van der Waals surface area contributed by atoms with Crippen LogP contribution in [0.4, 0.5) is 0 Å². The van der Waals surface area contributed by atoms with E-state index in [-0.39, 0.29) is 43.6 Å². The first-order chi connectivity index (χ1) is 10.0. The third-order valence-corrected chi connectivity index (χ3v) is 5.00. The van der Waals surface area contributed by atoms with E-state index >= 15 is 0 Å². The normalized spacial score (nSPS) is 19.2. The molecule has 0 atom stereocenters. The average molecular weight is 400 g/mol. The molecular formula is C20H48O4Ti. The minimum Gasteiger partial charge on any atom is -0.412 e. The predicted molar refractivity (Wildman–Crippen MR) is 107 cm³/mol. The fourth-order valence-electron chi connectivity index (χ4n) is 3.54. The second-order valence-electron chi connectivity index (χ2n) is 7.07. The molecule has 0 aromatic carbocycles. The van der Waals surface area contributed by atoms with Crippen LogP contribution in [0.1, 0.15) is 128 Å². The summed E-state index contributed by atoms with van der Waals surface area (Å²) in [6.45, 7) is 0. The molecule has 0 saturated heterocycles. The van der Waals surface area contributed by atoms with E-state index in [4.69, 9.17) is 0 Å². The summed E-state index contributed by atoms with van der Waals surface area (Å²) in [5.41, 5.74) is 0. The van der Waals surface area contributed by atoms with E-state index in [1.807, 2.05) is 0 Å². The van der Waals surface area contributed by atoms with Crippen molar-refractivity contribution in [3.63, 3.8) is 0 Å². The summed E-state index contributed by atoms with van der Waals surface area (Å²) >= 11 is 0. The van der Waals surface area contributed by atoms with Crippen LogP contribution in [0.3, 0.4) is 0 Å². The van der Waals surface area contributed by atoms with Crippen molar-refractivity contribution in [2.45, 2.75) is 128 Å². The van der Waals surface area contributed by atoms with Gasteiger partial charge in [-0.05, 0) is 0 Å². The molecule has 4 rings (SSSR count). The Bertz CT molecular complexity index is 108. The molecule has 4 aliphatic carbocycles. The van der Waals surface area contributed by atoms with Crippen LogP contribution in [0.2, 0.25) is 0 Å². The maximum Gasteiger partial charge on any atom is 0 e. The van der Waals surface area contributed by atoms with Crippen LogP contribution in [0.15, 0.2) is 0 Å². The zero-order valence-corrected chi connectivity index (χ0v) is 18.2. The van der Waals surface area contributed by atoms with Gasteiger partial charge in [0.15, 0.2) is 0 Å². The summed E-state index contributed by atoms with van der Waals surface area (Å²) in [5.74, 6) is 0. The largest absolute Gasteiger partial charge is 0.412 e. The summed E-state index contributed by atoms with van der Waals surface area (Å²) in [6.07, 6.45) is 30.0. The Kier molecular flexibility index (Phi) is 47.0. The number of rotatable bonds is 0. The monoisotopic (exact) mass is 400 g/mol. The Labute approximate surface area is 172 Å². The van der Waals surface area contributed by atoms with Gasteiger partial charge in [0.25, 0.3) is 0 Å². The van der Waals surface area contributed by atoms with Gasteiger partial charge in [-0.25, -0.2) is 0 Å². The number of hydrogen-bond donors (Lipinski definition) is 0. The van der Waals surface area contributed by atoms with Gasteiger partial charge < -0.3 is 21.9 Å². The van der Waals surface area contributed by atoms with Gasteiger partial charge >= 0.3 is 0 Å². The van der Waals surface area contributed by atoms with Crippen molar-refractivity contribution in [3.05, 3.63) is 0 Å². The van der Waals surface area contributed by atoms with Crippen molar-refractivity contribution in [3.8, 4) is 0 Å². The van der Waals surface area contributed by atoms with Crippen LogP contribution in [-0.2, 0) is 21.7 Å². The summed E-state index contributed by atoms with van der Waals surface area (Å²) in [6, 6.07) is 0. The fraction of sp³-hybridized carbons (Fsp3) is 1.00. The molecule has 156 valence electrons. The van der Waals surface area contributed by atoms with E-state index in [0.717, 1.165) is 0 Å². The van der Waals surface area contributed by atoms with Crippen molar-refractivity contribution in [2.24, 2.45) is 0 Å². The molecule has 0 aromatic rings. The molecule has 4 fully saturated rings. The molecule has 5 heteroatoms. The zero-order valence-electron chi connectivity index (χ0n) is 16.6. The molecule has 0 amide bonds. The molecule has 0 spiro atoms. The van der Waals surface area contributed by atoms with Crippen molar-refractivity contribution in [2.75, 3.05) is 0 Å². The maximum absolute atomic E-state index is 1.50. The van der Waals surface area contributed by atoms with Crippen LogP contribution < -0.4 is 0 Å². The molecule has 25 heavy (non-hydrogen) atoms. The molecule has 0 radical (unpaired) electrons. The molecule has 4 aliphatic rings. The quantitative estimate of drug-likeness (QED) is 0.531. The van der Waals surface area contributed by atoms with Gasteiger partial charge in [0.05, 0.1) is 0 Å². The fourth-order valence-corrected chi connectivity index (χ4v) is 3.54. The van der Waals surface area contributed by atoms with E-state index in [2.05, 4.69) is 0 Å². The van der Waals surface area contributed by atoms with Crippen LogP contribution in [0, 0.1) is 0 Å². The van der Waals surface area contributed by atoms with E-state index < -0.39 is 0 Å². The van der Waals surface area contributed by atoms with E-state index in [1.165, 1.54) is 128 Å². The Hall–Kier alpha value is 0.554. The van der Waals surface area contributed by atoms with Crippen LogP contribution in [0.5, 0.6) is 0 Å². The maximum atomic E-state index is 1.50. The average Bonchev–Trinajstić information content (AvgIpc) is 3.40. The van der Waals surface area contributed by atoms with E-state index in [9.17, 15) is 0 Å². The third kappa shape index (κ3) is 29.6. The summed E-state index contributed by atoms with van der Waals surface area (Å²) in [4.78, 5) is 0. The van der Waals surface area contributed by atoms with Gasteiger partial charge in [-0.2, -0.15) is 0 Å². The second kappa shape index (κ2) is 32.2. The van der Waals surface area contributed by atoms with Gasteiger partial charge in [0.1, 0.15) is 0 Å². The van der Waals surface area contributed by atoms with Crippen LogP contribution in [0.25, 0.3) is 0 Å². The SMILES string of the molecule is C1CCCC1.C1CCCC1.C1CCCC1.C1CCCC1.O.O.O.O.[Ti]. The molecule has 4 nitrogen and oxygen atoms in total. The first kappa shape index (κ1) is 36.5. The van der Waals surface area contributed by atoms with Gasteiger partial charge in [-0.3, -0.25) is 0 Å². The second-order valence-corrected chi connectivity index (χ2v) is 7.07. The predicted octanol–water partition coefficient (Wildman–Crippen LogP) is 4.50. The Morgan fingerprint density at radius 1 is 0.160 bits per heavy atom. The Morgan fingerprint density at radius 3 is 0.240 bits per heavy atom. The van der Waals surface area contributed by atoms with Crippen molar-refractivity contribution >= 4 is 0 Å². The van der Waals surface area contributed by atoms with E-state index in [0.29, 0.717) is 0 Å². The summed E-state index contributed by atoms with van der Waals surface area (Å²) < 4.78 is 0. The van der Waals surface area contributed by atoms with Gasteiger partial charge in [0.2, 0.25) is 0 Å². The molecule has 0 heterocycles. The molecule has 8 N–H and O–H groups in total. The van der Waals surface area contributed by atoms with Crippen molar-refractivity contribution in [1.82, 2.24) is 0 Å². The van der Waals surface area contributed by atoms with Crippen LogP contribution in [-0.4, -0.2) is 21.9 Å². The van der Waals surface area contributed by atoms with Crippen molar-refractivity contribution < 1.29 is 43.6 Å². The van der Waals surface area contributed by atoms with Gasteiger partial charge in [-0.15, -0.1) is 0 Å². The Morgan fingerprint density at radius 2 is 0.200 bits per heavy atom. The third-order valence-electron chi connectivity index (χ3n) is 5.00. The first-order valence-electron chi connectivity index (χ1n) is 10.00. The smallest absolute Gasteiger partial charge is 0 e. The molecular weight excluding hydrogens is 352 g/mol. The van der Waals surface area contributed by atoms with Gasteiger partial charge in [0, 0.05) is 21.7 Å². The number of hydrogen-bond acceptors (Lipinski definition) is 0. The van der Waals surface area contributed by atoms with Crippen LogP contribution >= 0.6 is 0 Å². The molecule has 4 saturated carbocycles. The molecule has 0 bridgehead atoms. The first-order valence-corrected chi connectivity index (χ1v) is 10.00. The molecule has 0 aliphatic heterocycles. The molecule has 0 unspecified atom stereocenters.